The van der Waals surface area contributed by atoms with Crippen LogP contribution in [0.1, 0.15) is 40.5 Å². The molecule has 0 aliphatic rings. The SMILES string of the molecule is CCCC#CO[Si](C)(C)C(C)(C)C. The van der Waals surface area contributed by atoms with E-state index in [9.17, 15) is 0 Å². The number of hydrogen-bond donors (Lipinski definition) is 0. The topological polar surface area (TPSA) is 9.23 Å². The third kappa shape index (κ3) is 4.38. The molecular formula is C11H22OSi. The summed E-state index contributed by atoms with van der Waals surface area (Å²) in [6.07, 6.45) is 4.89. The molecule has 1 nitrogen and oxygen atoms in total. The van der Waals surface area contributed by atoms with Crippen LogP contribution in [0.4, 0.5) is 0 Å². The van der Waals surface area contributed by atoms with E-state index in [1.807, 2.05) is 0 Å². The molecule has 0 N–H and O–H groups in total. The second kappa shape index (κ2) is 4.71. The van der Waals surface area contributed by atoms with Crippen LogP contribution < -0.4 is 0 Å². The Labute approximate surface area is 84.0 Å². The first-order valence-electron chi connectivity index (χ1n) is 4.97. The highest BCUT2D eigenvalue weighted by molar-refractivity contribution is 6.74. The zero-order valence-corrected chi connectivity index (χ0v) is 10.8. The van der Waals surface area contributed by atoms with Gasteiger partial charge in [0.2, 0.25) is 0 Å². The molecule has 0 spiro atoms. The van der Waals surface area contributed by atoms with Crippen molar-refractivity contribution in [3.8, 4) is 12.0 Å². The Bertz CT molecular complexity index is 202. The molecule has 0 heterocycles. The zero-order chi connectivity index (χ0) is 10.5. The van der Waals surface area contributed by atoms with Crippen LogP contribution in [0.2, 0.25) is 18.1 Å². The monoisotopic (exact) mass is 198 g/mol. The lowest BCUT2D eigenvalue weighted by Gasteiger charge is -2.33. The van der Waals surface area contributed by atoms with E-state index in [0.717, 1.165) is 12.8 Å². The molecule has 0 rings (SSSR count). The molecule has 2 heteroatoms. The second-order valence-corrected chi connectivity index (χ2v) is 9.62. The number of unbranched alkanes of at least 4 members (excludes halogenated alkanes) is 1. The third-order valence-corrected chi connectivity index (χ3v) is 6.78. The van der Waals surface area contributed by atoms with Crippen molar-refractivity contribution in [2.24, 2.45) is 0 Å². The summed E-state index contributed by atoms with van der Waals surface area (Å²) in [5, 5.41) is 0.258. The zero-order valence-electron chi connectivity index (χ0n) is 9.82. The van der Waals surface area contributed by atoms with Gasteiger partial charge in [-0.25, -0.2) is 0 Å². The molecule has 0 saturated carbocycles. The minimum atomic E-state index is -1.63. The molecule has 0 radical (unpaired) electrons. The summed E-state index contributed by atoms with van der Waals surface area (Å²) in [4.78, 5) is 0. The van der Waals surface area contributed by atoms with E-state index in [1.54, 1.807) is 0 Å². The van der Waals surface area contributed by atoms with Gasteiger partial charge in [-0.2, -0.15) is 0 Å². The van der Waals surface area contributed by atoms with Crippen LogP contribution in [0.3, 0.4) is 0 Å². The largest absolute Gasteiger partial charge is 0.500 e. The van der Waals surface area contributed by atoms with Crippen molar-refractivity contribution in [1.82, 2.24) is 0 Å². The minimum Gasteiger partial charge on any atom is -0.500 e. The molecule has 0 aromatic rings. The molecular weight excluding hydrogens is 176 g/mol. The van der Waals surface area contributed by atoms with Crippen molar-refractivity contribution in [3.63, 3.8) is 0 Å². The molecule has 76 valence electrons. The maximum absolute atomic E-state index is 5.67. The van der Waals surface area contributed by atoms with Crippen molar-refractivity contribution >= 4 is 8.32 Å². The van der Waals surface area contributed by atoms with E-state index in [4.69, 9.17) is 4.43 Å². The summed E-state index contributed by atoms with van der Waals surface area (Å²) in [7, 11) is -1.63. The van der Waals surface area contributed by atoms with Gasteiger partial charge in [0.15, 0.2) is 0 Å². The molecule has 0 fully saturated rings. The minimum absolute atomic E-state index is 0.258. The quantitative estimate of drug-likeness (QED) is 0.485. The summed E-state index contributed by atoms with van der Waals surface area (Å²) in [6, 6.07) is 0. The lowest BCUT2D eigenvalue weighted by Crippen LogP contribution is -2.39. The maximum atomic E-state index is 5.67. The number of rotatable bonds is 2. The summed E-state index contributed by atoms with van der Waals surface area (Å²) in [5.74, 6) is 3.03. The highest BCUT2D eigenvalue weighted by atomic mass is 28.4. The first kappa shape index (κ1) is 12.6. The molecule has 0 bridgehead atoms. The van der Waals surface area contributed by atoms with Crippen LogP contribution in [0.25, 0.3) is 0 Å². The molecule has 0 aliphatic carbocycles. The van der Waals surface area contributed by atoms with E-state index in [2.05, 4.69) is 52.8 Å². The Balaban J connectivity index is 4.14. The van der Waals surface area contributed by atoms with Gasteiger partial charge in [-0.1, -0.05) is 33.6 Å². The maximum Gasteiger partial charge on any atom is 0.264 e. The van der Waals surface area contributed by atoms with E-state index in [0.29, 0.717) is 0 Å². The summed E-state index contributed by atoms with van der Waals surface area (Å²) >= 11 is 0. The molecule has 0 aliphatic heterocycles. The van der Waals surface area contributed by atoms with Crippen LogP contribution in [0, 0.1) is 12.0 Å². The average Bonchev–Trinajstić information content (AvgIpc) is 1.96. The molecule has 0 aromatic heterocycles. The Morgan fingerprint density at radius 2 is 1.77 bits per heavy atom. The van der Waals surface area contributed by atoms with Crippen LogP contribution >= 0.6 is 0 Å². The Kier molecular flexibility index (Phi) is 4.56. The van der Waals surface area contributed by atoms with Crippen LogP contribution in [0.5, 0.6) is 0 Å². The lowest BCUT2D eigenvalue weighted by atomic mass is 10.2. The summed E-state index contributed by atoms with van der Waals surface area (Å²) in [6.45, 7) is 13.2. The van der Waals surface area contributed by atoms with E-state index < -0.39 is 8.32 Å². The molecule has 0 atom stereocenters. The normalized spacial score (nSPS) is 11.8. The summed E-state index contributed by atoms with van der Waals surface area (Å²) < 4.78 is 5.67. The van der Waals surface area contributed by atoms with Crippen molar-refractivity contribution in [2.45, 2.75) is 58.7 Å². The predicted octanol–water partition coefficient (Wildman–Crippen LogP) is 3.77. The second-order valence-electron chi connectivity index (χ2n) is 4.89. The van der Waals surface area contributed by atoms with Gasteiger partial charge in [-0.05, 0) is 24.6 Å². The van der Waals surface area contributed by atoms with Gasteiger partial charge >= 0.3 is 0 Å². The van der Waals surface area contributed by atoms with Gasteiger partial charge in [-0.15, -0.1) is 0 Å². The molecule has 13 heavy (non-hydrogen) atoms. The van der Waals surface area contributed by atoms with Crippen LogP contribution in [-0.2, 0) is 4.43 Å². The van der Waals surface area contributed by atoms with Crippen molar-refractivity contribution in [1.29, 1.82) is 0 Å². The summed E-state index contributed by atoms with van der Waals surface area (Å²) in [5.41, 5.74) is 0. The molecule has 0 unspecified atom stereocenters. The van der Waals surface area contributed by atoms with E-state index in [1.165, 1.54) is 0 Å². The fourth-order valence-electron chi connectivity index (χ4n) is 0.493. The highest BCUT2D eigenvalue weighted by Gasteiger charge is 2.38. The van der Waals surface area contributed by atoms with Crippen molar-refractivity contribution in [3.05, 3.63) is 0 Å². The van der Waals surface area contributed by atoms with Gasteiger partial charge in [0, 0.05) is 6.42 Å². The van der Waals surface area contributed by atoms with Crippen molar-refractivity contribution in [2.75, 3.05) is 0 Å². The van der Waals surface area contributed by atoms with E-state index >= 15 is 0 Å². The smallest absolute Gasteiger partial charge is 0.264 e. The Morgan fingerprint density at radius 1 is 1.23 bits per heavy atom. The third-order valence-electron chi connectivity index (χ3n) is 2.56. The standard InChI is InChI=1S/C11H22OSi/c1-7-8-9-10-12-13(5,6)11(2,3)4/h7-8H2,1-6H3. The van der Waals surface area contributed by atoms with Gasteiger partial charge < -0.3 is 4.43 Å². The predicted molar refractivity (Wildman–Crippen MR) is 61.0 cm³/mol. The van der Waals surface area contributed by atoms with Crippen molar-refractivity contribution < 1.29 is 4.43 Å². The van der Waals surface area contributed by atoms with Crippen LogP contribution in [-0.4, -0.2) is 8.32 Å². The van der Waals surface area contributed by atoms with Gasteiger partial charge in [-0.3, -0.25) is 0 Å². The average molecular weight is 198 g/mol. The fourth-order valence-corrected chi connectivity index (χ4v) is 1.13. The Morgan fingerprint density at radius 3 is 2.15 bits per heavy atom. The Hall–Kier alpha value is -0.423. The van der Waals surface area contributed by atoms with Gasteiger partial charge in [0.05, 0.1) is 6.11 Å². The van der Waals surface area contributed by atoms with Gasteiger partial charge in [0.25, 0.3) is 8.32 Å². The van der Waals surface area contributed by atoms with Crippen LogP contribution in [0.15, 0.2) is 0 Å². The van der Waals surface area contributed by atoms with E-state index in [-0.39, 0.29) is 5.04 Å². The number of hydrogen-bond acceptors (Lipinski definition) is 1. The molecule has 0 aromatic carbocycles. The first-order chi connectivity index (χ1) is 5.81. The molecule has 0 saturated heterocycles. The molecule has 0 amide bonds. The first-order valence-corrected chi connectivity index (χ1v) is 7.88. The van der Waals surface area contributed by atoms with Gasteiger partial charge in [0.1, 0.15) is 0 Å². The lowest BCUT2D eigenvalue weighted by molar-refractivity contribution is 0.460. The fraction of sp³-hybridized carbons (Fsp3) is 0.818. The highest BCUT2D eigenvalue weighted by Crippen LogP contribution is 2.36.